The summed E-state index contributed by atoms with van der Waals surface area (Å²) < 4.78 is 10.6. The number of ether oxygens (including phenoxy) is 1. The molecular formula is C15H23NO3. The summed E-state index contributed by atoms with van der Waals surface area (Å²) in [5.41, 5.74) is 0. The first kappa shape index (κ1) is 14.1. The molecule has 0 saturated heterocycles. The minimum Gasteiger partial charge on any atom is -0.466 e. The molecule has 4 nitrogen and oxygen atoms in total. The van der Waals surface area contributed by atoms with Crippen molar-refractivity contribution in [2.45, 2.75) is 52.1 Å². The van der Waals surface area contributed by atoms with Crippen LogP contribution in [-0.4, -0.2) is 18.6 Å². The molecule has 1 aliphatic carbocycles. The van der Waals surface area contributed by atoms with E-state index in [2.05, 4.69) is 5.32 Å². The molecule has 4 heteroatoms. The maximum atomic E-state index is 11.6. The number of esters is 1. The highest BCUT2D eigenvalue weighted by molar-refractivity contribution is 5.72. The fraction of sp³-hybridized carbons (Fsp3) is 0.667. The molecule has 19 heavy (non-hydrogen) atoms. The Balaban J connectivity index is 1.70. The van der Waals surface area contributed by atoms with Crippen molar-refractivity contribution in [2.75, 3.05) is 6.61 Å². The molecule has 0 atom stereocenters. The van der Waals surface area contributed by atoms with Gasteiger partial charge in [0.2, 0.25) is 0 Å². The van der Waals surface area contributed by atoms with Crippen molar-refractivity contribution in [3.8, 4) is 0 Å². The predicted molar refractivity (Wildman–Crippen MR) is 72.7 cm³/mol. The molecule has 0 aliphatic heterocycles. The third-order valence-corrected chi connectivity index (χ3v) is 3.71. The largest absolute Gasteiger partial charge is 0.466 e. The molecule has 106 valence electrons. The summed E-state index contributed by atoms with van der Waals surface area (Å²) in [6.07, 6.45) is 3.91. The summed E-state index contributed by atoms with van der Waals surface area (Å²) >= 11 is 0. The number of hydrogen-bond acceptors (Lipinski definition) is 4. The third kappa shape index (κ3) is 4.10. The van der Waals surface area contributed by atoms with Crippen LogP contribution in [0.25, 0.3) is 0 Å². The fourth-order valence-corrected chi connectivity index (χ4v) is 2.62. The van der Waals surface area contributed by atoms with Crippen molar-refractivity contribution < 1.29 is 13.9 Å². The van der Waals surface area contributed by atoms with Crippen LogP contribution in [0.15, 0.2) is 16.5 Å². The zero-order valence-corrected chi connectivity index (χ0v) is 11.8. The highest BCUT2D eigenvalue weighted by atomic mass is 16.5. The maximum Gasteiger partial charge on any atom is 0.308 e. The van der Waals surface area contributed by atoms with Crippen LogP contribution in [0.1, 0.15) is 44.1 Å². The normalized spacial score (nSPS) is 23.3. The summed E-state index contributed by atoms with van der Waals surface area (Å²) in [6, 6.07) is 4.47. The maximum absolute atomic E-state index is 11.6. The SMILES string of the molecule is CCOC(=O)C1CCC(NCc2ccc(C)o2)CC1. The Bertz CT molecular complexity index is 405. The van der Waals surface area contributed by atoms with E-state index in [1.54, 1.807) is 0 Å². The molecule has 0 bridgehead atoms. The Labute approximate surface area is 114 Å². The van der Waals surface area contributed by atoms with Crippen molar-refractivity contribution in [1.29, 1.82) is 0 Å². The van der Waals surface area contributed by atoms with Gasteiger partial charge in [0.15, 0.2) is 0 Å². The molecule has 1 saturated carbocycles. The monoisotopic (exact) mass is 265 g/mol. The van der Waals surface area contributed by atoms with Crippen LogP contribution in [0, 0.1) is 12.8 Å². The van der Waals surface area contributed by atoms with Crippen molar-refractivity contribution in [3.05, 3.63) is 23.7 Å². The quantitative estimate of drug-likeness (QED) is 0.832. The van der Waals surface area contributed by atoms with Gasteiger partial charge in [-0.3, -0.25) is 4.79 Å². The minimum atomic E-state index is -0.0254. The van der Waals surface area contributed by atoms with Crippen molar-refractivity contribution in [1.82, 2.24) is 5.32 Å². The topological polar surface area (TPSA) is 51.5 Å². The van der Waals surface area contributed by atoms with E-state index in [0.717, 1.165) is 43.7 Å². The van der Waals surface area contributed by atoms with Gasteiger partial charge >= 0.3 is 5.97 Å². The number of carbonyl (C=O) groups excluding carboxylic acids is 1. The molecule has 1 fully saturated rings. The van der Waals surface area contributed by atoms with Gasteiger partial charge in [0.1, 0.15) is 11.5 Å². The summed E-state index contributed by atoms with van der Waals surface area (Å²) in [6.45, 7) is 5.06. The molecule has 0 radical (unpaired) electrons. The lowest BCUT2D eigenvalue weighted by Crippen LogP contribution is -2.35. The van der Waals surface area contributed by atoms with Gasteiger partial charge in [-0.2, -0.15) is 0 Å². The van der Waals surface area contributed by atoms with E-state index in [1.807, 2.05) is 26.0 Å². The van der Waals surface area contributed by atoms with Crippen molar-refractivity contribution >= 4 is 5.97 Å². The lowest BCUT2D eigenvalue weighted by Gasteiger charge is -2.27. The second kappa shape index (κ2) is 6.75. The van der Waals surface area contributed by atoms with Crippen LogP contribution in [-0.2, 0) is 16.1 Å². The molecular weight excluding hydrogens is 242 g/mol. The Morgan fingerprint density at radius 2 is 2.11 bits per heavy atom. The van der Waals surface area contributed by atoms with Gasteiger partial charge < -0.3 is 14.5 Å². The van der Waals surface area contributed by atoms with Crippen molar-refractivity contribution in [2.24, 2.45) is 5.92 Å². The molecule has 1 aromatic rings. The molecule has 0 spiro atoms. The molecule has 1 aliphatic rings. The summed E-state index contributed by atoms with van der Waals surface area (Å²) in [4.78, 5) is 11.6. The summed E-state index contributed by atoms with van der Waals surface area (Å²) in [5.74, 6) is 2.00. The molecule has 0 aromatic carbocycles. The fourth-order valence-electron chi connectivity index (χ4n) is 2.62. The molecule has 1 N–H and O–H groups in total. The molecule has 2 rings (SSSR count). The van der Waals surface area contributed by atoms with Gasteiger partial charge in [0.25, 0.3) is 0 Å². The lowest BCUT2D eigenvalue weighted by atomic mass is 9.86. The Hall–Kier alpha value is -1.29. The van der Waals surface area contributed by atoms with Gasteiger partial charge in [0.05, 0.1) is 19.1 Å². The standard InChI is InChI=1S/C15H23NO3/c1-3-18-15(17)12-5-7-13(8-6-12)16-10-14-9-4-11(2)19-14/h4,9,12-13,16H,3,5-8,10H2,1-2H3. The minimum absolute atomic E-state index is 0.0254. The van der Waals surface area contributed by atoms with Gasteiger partial charge in [-0.15, -0.1) is 0 Å². The van der Waals surface area contributed by atoms with Crippen LogP contribution in [0.2, 0.25) is 0 Å². The Morgan fingerprint density at radius 1 is 1.37 bits per heavy atom. The van der Waals surface area contributed by atoms with Gasteiger partial charge in [-0.25, -0.2) is 0 Å². The number of hydrogen-bond donors (Lipinski definition) is 1. The van der Waals surface area contributed by atoms with Gasteiger partial charge in [-0.1, -0.05) is 0 Å². The number of nitrogens with one attached hydrogen (secondary N) is 1. The third-order valence-electron chi connectivity index (χ3n) is 3.71. The average Bonchev–Trinajstić information content (AvgIpc) is 2.83. The molecule has 1 heterocycles. The van der Waals surface area contributed by atoms with E-state index in [-0.39, 0.29) is 11.9 Å². The summed E-state index contributed by atoms with van der Waals surface area (Å²) in [7, 11) is 0. The van der Waals surface area contributed by atoms with E-state index >= 15 is 0 Å². The molecule has 1 aromatic heterocycles. The zero-order chi connectivity index (χ0) is 13.7. The van der Waals surface area contributed by atoms with Crippen LogP contribution in [0.3, 0.4) is 0 Å². The molecule has 0 unspecified atom stereocenters. The highest BCUT2D eigenvalue weighted by Gasteiger charge is 2.26. The Kier molecular flexibility index (Phi) is 5.02. The highest BCUT2D eigenvalue weighted by Crippen LogP contribution is 2.25. The first-order valence-electron chi connectivity index (χ1n) is 7.14. The van der Waals surface area contributed by atoms with E-state index < -0.39 is 0 Å². The predicted octanol–water partition coefficient (Wildman–Crippen LogP) is 2.80. The smallest absolute Gasteiger partial charge is 0.308 e. The van der Waals surface area contributed by atoms with E-state index in [1.165, 1.54) is 0 Å². The van der Waals surface area contributed by atoms with Crippen LogP contribution in [0.4, 0.5) is 0 Å². The van der Waals surface area contributed by atoms with Crippen LogP contribution < -0.4 is 5.32 Å². The number of aryl methyl sites for hydroxylation is 1. The average molecular weight is 265 g/mol. The van der Waals surface area contributed by atoms with E-state index in [9.17, 15) is 4.79 Å². The van der Waals surface area contributed by atoms with Gasteiger partial charge in [0, 0.05) is 6.04 Å². The van der Waals surface area contributed by atoms with Crippen LogP contribution >= 0.6 is 0 Å². The Morgan fingerprint density at radius 3 is 2.68 bits per heavy atom. The second-order valence-corrected chi connectivity index (χ2v) is 5.19. The first-order valence-corrected chi connectivity index (χ1v) is 7.14. The van der Waals surface area contributed by atoms with Gasteiger partial charge in [-0.05, 0) is 51.7 Å². The van der Waals surface area contributed by atoms with Crippen molar-refractivity contribution in [3.63, 3.8) is 0 Å². The van der Waals surface area contributed by atoms with E-state index in [4.69, 9.17) is 9.15 Å². The summed E-state index contributed by atoms with van der Waals surface area (Å²) in [5, 5.41) is 3.50. The first-order chi connectivity index (χ1) is 9.19. The number of rotatable bonds is 5. The second-order valence-electron chi connectivity index (χ2n) is 5.19. The van der Waals surface area contributed by atoms with Crippen LogP contribution in [0.5, 0.6) is 0 Å². The lowest BCUT2D eigenvalue weighted by molar-refractivity contribution is -0.149. The molecule has 0 amide bonds. The number of furan rings is 1. The zero-order valence-electron chi connectivity index (χ0n) is 11.8. The van der Waals surface area contributed by atoms with E-state index in [0.29, 0.717) is 12.6 Å². The number of carbonyl (C=O) groups is 1.